The van der Waals surface area contributed by atoms with Gasteiger partial charge in [0.25, 0.3) is 0 Å². The van der Waals surface area contributed by atoms with Crippen LogP contribution >= 0.6 is 12.4 Å². The number of hydrogen-bond acceptors (Lipinski definition) is 3. The number of methoxy groups -OCH3 is 1. The minimum Gasteiger partial charge on any atom is -0.497 e. The number of benzene rings is 2. The van der Waals surface area contributed by atoms with Gasteiger partial charge in [-0.1, -0.05) is 18.2 Å². The number of anilines is 2. The number of rotatable bonds is 3. The van der Waals surface area contributed by atoms with Crippen LogP contribution in [0.2, 0.25) is 0 Å². The topological polar surface area (TPSA) is 55.6 Å². The van der Waals surface area contributed by atoms with E-state index >= 15 is 0 Å². The smallest absolute Gasteiger partial charge is 0.234 e. The normalized spacial score (nSPS) is 14.3. The van der Waals surface area contributed by atoms with Gasteiger partial charge in [-0.2, -0.15) is 0 Å². The maximum Gasteiger partial charge on any atom is 0.234 e. The average Bonchev–Trinajstić information content (AvgIpc) is 2.60. The highest BCUT2D eigenvalue weighted by atomic mass is 35.5. The third-order valence-electron chi connectivity index (χ3n) is 4.54. The predicted molar refractivity (Wildman–Crippen MR) is 100 cm³/mol. The first kappa shape index (κ1) is 18.1. The summed E-state index contributed by atoms with van der Waals surface area (Å²) in [4.78, 5) is 14.9. The summed E-state index contributed by atoms with van der Waals surface area (Å²) in [7, 11) is 1.64. The van der Waals surface area contributed by atoms with Crippen molar-refractivity contribution in [2.75, 3.05) is 24.3 Å². The lowest BCUT2D eigenvalue weighted by Crippen LogP contribution is -2.38. The number of nitrogens with two attached hydrogens (primary N) is 1. The van der Waals surface area contributed by atoms with E-state index in [1.165, 1.54) is 0 Å². The summed E-state index contributed by atoms with van der Waals surface area (Å²) in [6.45, 7) is 2.69. The van der Waals surface area contributed by atoms with E-state index in [9.17, 15) is 4.79 Å². The summed E-state index contributed by atoms with van der Waals surface area (Å²) in [6, 6.07) is 13.5. The zero-order chi connectivity index (χ0) is 16.4. The van der Waals surface area contributed by atoms with Crippen LogP contribution in [0.4, 0.5) is 11.4 Å². The lowest BCUT2D eigenvalue weighted by Gasteiger charge is -2.32. The second kappa shape index (κ2) is 7.58. The fourth-order valence-electron chi connectivity index (χ4n) is 3.15. The first-order chi connectivity index (χ1) is 11.1. The van der Waals surface area contributed by atoms with Crippen molar-refractivity contribution in [2.45, 2.75) is 25.7 Å². The van der Waals surface area contributed by atoms with Crippen molar-refractivity contribution in [1.82, 2.24) is 0 Å². The second-order valence-electron chi connectivity index (χ2n) is 5.93. The third kappa shape index (κ3) is 3.34. The number of nitrogen functional groups attached to an aromatic ring is 1. The van der Waals surface area contributed by atoms with Crippen LogP contribution in [0.1, 0.15) is 30.4 Å². The van der Waals surface area contributed by atoms with E-state index < -0.39 is 0 Å². The van der Waals surface area contributed by atoms with Crippen LogP contribution in [-0.4, -0.2) is 19.6 Å². The molecule has 1 atom stereocenters. The van der Waals surface area contributed by atoms with Gasteiger partial charge in [0.2, 0.25) is 5.91 Å². The summed E-state index contributed by atoms with van der Waals surface area (Å²) in [5.74, 6) is 0.708. The van der Waals surface area contributed by atoms with Gasteiger partial charge in [-0.25, -0.2) is 0 Å². The summed E-state index contributed by atoms with van der Waals surface area (Å²) < 4.78 is 5.18. The molecule has 128 valence electrons. The van der Waals surface area contributed by atoms with Gasteiger partial charge in [0.1, 0.15) is 5.75 Å². The first-order valence-electron chi connectivity index (χ1n) is 7.94. The third-order valence-corrected chi connectivity index (χ3v) is 4.54. The maximum atomic E-state index is 13.0. The van der Waals surface area contributed by atoms with Crippen LogP contribution < -0.4 is 15.4 Å². The highest BCUT2D eigenvalue weighted by Crippen LogP contribution is 2.33. The van der Waals surface area contributed by atoms with Crippen LogP contribution in [-0.2, 0) is 11.2 Å². The minimum absolute atomic E-state index is 0. The highest BCUT2D eigenvalue weighted by molar-refractivity contribution is 5.99. The van der Waals surface area contributed by atoms with E-state index in [1.807, 2.05) is 54.3 Å². The molecule has 1 aliphatic rings. The molecule has 2 aromatic carbocycles. The van der Waals surface area contributed by atoms with E-state index in [2.05, 4.69) is 0 Å². The molecule has 0 bridgehead atoms. The van der Waals surface area contributed by atoms with Gasteiger partial charge in [-0.05, 0) is 55.2 Å². The molecular weight excluding hydrogens is 324 g/mol. The Balaban J connectivity index is 0.00000208. The molecule has 5 heteroatoms. The molecule has 4 nitrogen and oxygen atoms in total. The van der Waals surface area contributed by atoms with Crippen molar-refractivity contribution in [3.05, 3.63) is 53.6 Å². The Bertz CT molecular complexity index is 716. The van der Waals surface area contributed by atoms with Gasteiger partial charge < -0.3 is 15.4 Å². The van der Waals surface area contributed by atoms with E-state index in [0.29, 0.717) is 0 Å². The van der Waals surface area contributed by atoms with Crippen molar-refractivity contribution >= 4 is 29.7 Å². The molecular formula is C19H23ClN2O2. The fourth-order valence-corrected chi connectivity index (χ4v) is 3.15. The number of ether oxygens (including phenoxy) is 1. The lowest BCUT2D eigenvalue weighted by atomic mass is 9.95. The predicted octanol–water partition coefficient (Wildman–Crippen LogP) is 3.78. The molecule has 3 rings (SSSR count). The van der Waals surface area contributed by atoms with E-state index in [4.69, 9.17) is 10.5 Å². The Morgan fingerprint density at radius 2 is 1.92 bits per heavy atom. The molecule has 24 heavy (non-hydrogen) atoms. The van der Waals surface area contributed by atoms with E-state index in [1.54, 1.807) is 7.11 Å². The van der Waals surface area contributed by atoms with Gasteiger partial charge in [-0.3, -0.25) is 4.79 Å². The van der Waals surface area contributed by atoms with Gasteiger partial charge in [0.15, 0.2) is 0 Å². The molecule has 0 spiro atoms. The van der Waals surface area contributed by atoms with Crippen molar-refractivity contribution in [3.8, 4) is 5.75 Å². The number of hydrogen-bond donors (Lipinski definition) is 1. The molecule has 0 fully saturated rings. The largest absolute Gasteiger partial charge is 0.497 e. The summed E-state index contributed by atoms with van der Waals surface area (Å²) in [5, 5.41) is 0. The van der Waals surface area contributed by atoms with Crippen LogP contribution in [0.3, 0.4) is 0 Å². The summed E-state index contributed by atoms with van der Waals surface area (Å²) in [6.07, 6.45) is 1.88. The lowest BCUT2D eigenvalue weighted by molar-refractivity contribution is -0.119. The Hall–Kier alpha value is -2.20. The number of halogens is 1. The number of nitrogens with zero attached hydrogens (tertiary/aromatic N) is 1. The molecule has 0 radical (unpaired) electrons. The first-order valence-corrected chi connectivity index (χ1v) is 7.94. The fraction of sp³-hybridized carbons (Fsp3) is 0.316. The molecule has 0 saturated heterocycles. The molecule has 2 aromatic rings. The SMILES string of the molecule is COc1ccc(C(C)C(=O)N2CCCc3c(N)cccc32)cc1.Cl. The molecule has 1 unspecified atom stereocenters. The quantitative estimate of drug-likeness (QED) is 0.860. The Labute approximate surface area is 149 Å². The van der Waals surface area contributed by atoms with Crippen molar-refractivity contribution in [2.24, 2.45) is 0 Å². The van der Waals surface area contributed by atoms with Crippen LogP contribution in [0, 0.1) is 0 Å². The van der Waals surface area contributed by atoms with E-state index in [-0.39, 0.29) is 24.2 Å². The van der Waals surface area contributed by atoms with Crippen LogP contribution in [0.5, 0.6) is 5.75 Å². The minimum atomic E-state index is -0.201. The Morgan fingerprint density at radius 3 is 2.58 bits per heavy atom. The van der Waals surface area contributed by atoms with Crippen LogP contribution in [0.25, 0.3) is 0 Å². The van der Waals surface area contributed by atoms with Gasteiger partial charge >= 0.3 is 0 Å². The van der Waals surface area contributed by atoms with Crippen molar-refractivity contribution in [3.63, 3.8) is 0 Å². The zero-order valence-corrected chi connectivity index (χ0v) is 14.8. The summed E-state index contributed by atoms with van der Waals surface area (Å²) in [5.41, 5.74) is 9.89. The van der Waals surface area contributed by atoms with E-state index in [0.717, 1.165) is 47.6 Å². The Kier molecular flexibility index (Phi) is 5.73. The molecule has 1 heterocycles. The number of amides is 1. The average molecular weight is 347 g/mol. The maximum absolute atomic E-state index is 13.0. The summed E-state index contributed by atoms with van der Waals surface area (Å²) >= 11 is 0. The molecule has 1 aliphatic heterocycles. The Morgan fingerprint density at radius 1 is 1.21 bits per heavy atom. The van der Waals surface area contributed by atoms with Gasteiger partial charge in [0, 0.05) is 17.9 Å². The monoisotopic (exact) mass is 346 g/mol. The molecule has 1 amide bonds. The molecule has 0 saturated carbocycles. The standard InChI is InChI=1S/C19H22N2O2.ClH/c1-13(14-8-10-15(23-2)11-9-14)19(22)21-12-4-5-16-17(20)6-3-7-18(16)21;/h3,6-11,13H,4-5,12,20H2,1-2H3;1H. The number of carbonyl (C=O) groups excluding carboxylic acids is 1. The molecule has 2 N–H and O–H groups in total. The molecule has 0 aliphatic carbocycles. The van der Waals surface area contributed by atoms with Gasteiger partial charge in [0.05, 0.1) is 13.0 Å². The van der Waals surface area contributed by atoms with Gasteiger partial charge in [-0.15, -0.1) is 12.4 Å². The molecule has 0 aromatic heterocycles. The zero-order valence-electron chi connectivity index (χ0n) is 14.0. The number of fused-ring (bicyclic) bond motifs is 1. The van der Waals surface area contributed by atoms with Crippen molar-refractivity contribution < 1.29 is 9.53 Å². The number of carbonyl (C=O) groups is 1. The second-order valence-corrected chi connectivity index (χ2v) is 5.93. The van der Waals surface area contributed by atoms with Crippen molar-refractivity contribution in [1.29, 1.82) is 0 Å². The van der Waals surface area contributed by atoms with Crippen LogP contribution in [0.15, 0.2) is 42.5 Å². The highest BCUT2D eigenvalue weighted by Gasteiger charge is 2.27.